The highest BCUT2D eigenvalue weighted by atomic mass is 79.9. The van der Waals surface area contributed by atoms with Gasteiger partial charge in [-0.25, -0.2) is 0 Å². The van der Waals surface area contributed by atoms with Gasteiger partial charge in [-0.3, -0.25) is 0 Å². The van der Waals surface area contributed by atoms with Crippen molar-refractivity contribution in [2.45, 2.75) is 66.5 Å². The summed E-state index contributed by atoms with van der Waals surface area (Å²) < 4.78 is 1.08. The second-order valence-corrected chi connectivity index (χ2v) is 8.94. The highest BCUT2D eigenvalue weighted by molar-refractivity contribution is 9.10. The third-order valence-electron chi connectivity index (χ3n) is 5.75. The first kappa shape index (κ1) is 20.7. The van der Waals surface area contributed by atoms with Gasteiger partial charge in [-0.15, -0.1) is 0 Å². The van der Waals surface area contributed by atoms with E-state index >= 15 is 0 Å². The highest BCUT2D eigenvalue weighted by Crippen LogP contribution is 2.44. The normalized spacial score (nSPS) is 13.7. The van der Waals surface area contributed by atoms with Gasteiger partial charge in [-0.2, -0.15) is 0 Å². The van der Waals surface area contributed by atoms with Crippen molar-refractivity contribution in [1.82, 2.24) is 0 Å². The molecular formula is C20H35BrN2. The summed E-state index contributed by atoms with van der Waals surface area (Å²) in [5, 5.41) is 0. The quantitative estimate of drug-likeness (QED) is 0.693. The van der Waals surface area contributed by atoms with Gasteiger partial charge in [0.15, 0.2) is 0 Å². The lowest BCUT2D eigenvalue weighted by molar-refractivity contribution is 0.215. The summed E-state index contributed by atoms with van der Waals surface area (Å²) in [5.74, 6) is 1.33. The molecule has 0 bridgehead atoms. The van der Waals surface area contributed by atoms with Crippen LogP contribution in [0.25, 0.3) is 0 Å². The lowest BCUT2D eigenvalue weighted by Crippen LogP contribution is -2.49. The maximum Gasteiger partial charge on any atom is 0.0467 e. The van der Waals surface area contributed by atoms with E-state index in [1.54, 1.807) is 0 Å². The van der Waals surface area contributed by atoms with Crippen LogP contribution in [-0.4, -0.2) is 0 Å². The maximum absolute atomic E-state index is 6.90. The van der Waals surface area contributed by atoms with E-state index in [4.69, 9.17) is 11.5 Å². The zero-order valence-electron chi connectivity index (χ0n) is 16.1. The molecule has 0 spiro atoms. The number of nitrogens with two attached hydrogens (primary N) is 2. The first-order valence-corrected chi connectivity index (χ1v) is 9.58. The van der Waals surface area contributed by atoms with Crippen molar-refractivity contribution >= 4 is 15.9 Å². The van der Waals surface area contributed by atoms with E-state index in [2.05, 4.69) is 89.5 Å². The van der Waals surface area contributed by atoms with Gasteiger partial charge in [-0.1, -0.05) is 89.5 Å². The Kier molecular flexibility index (Phi) is 6.51. The average Bonchev–Trinajstić information content (AvgIpc) is 2.44. The number of hydrogen-bond acceptors (Lipinski definition) is 2. The molecule has 3 heteroatoms. The molecule has 0 atom stereocenters. The van der Waals surface area contributed by atoms with E-state index in [1.807, 2.05) is 0 Å². The Morgan fingerprint density at radius 1 is 0.696 bits per heavy atom. The lowest BCUT2D eigenvalue weighted by atomic mass is 9.69. The van der Waals surface area contributed by atoms with Crippen molar-refractivity contribution in [3.63, 3.8) is 0 Å². The summed E-state index contributed by atoms with van der Waals surface area (Å²) in [4.78, 5) is 0. The molecule has 0 heterocycles. The Bertz CT molecular complexity index is 472. The monoisotopic (exact) mass is 382 g/mol. The van der Waals surface area contributed by atoms with Gasteiger partial charge in [0.2, 0.25) is 0 Å². The van der Waals surface area contributed by atoms with E-state index in [0.29, 0.717) is 23.7 Å². The summed E-state index contributed by atoms with van der Waals surface area (Å²) in [5.41, 5.74) is 15.4. The van der Waals surface area contributed by atoms with Gasteiger partial charge >= 0.3 is 0 Å². The van der Waals surface area contributed by atoms with Crippen LogP contribution < -0.4 is 11.5 Å². The Hall–Kier alpha value is -0.380. The molecule has 0 saturated heterocycles. The van der Waals surface area contributed by atoms with Crippen LogP contribution in [-0.2, 0) is 11.1 Å². The van der Waals surface area contributed by atoms with E-state index in [0.717, 1.165) is 15.6 Å². The van der Waals surface area contributed by atoms with Crippen LogP contribution >= 0.6 is 15.9 Å². The molecule has 0 aromatic heterocycles. The van der Waals surface area contributed by atoms with Crippen molar-refractivity contribution in [3.05, 3.63) is 33.8 Å². The fourth-order valence-corrected chi connectivity index (χ4v) is 4.73. The first-order chi connectivity index (χ1) is 10.4. The molecule has 132 valence electrons. The maximum atomic E-state index is 6.90. The van der Waals surface area contributed by atoms with Gasteiger partial charge in [0.05, 0.1) is 0 Å². The topological polar surface area (TPSA) is 52.0 Å². The smallest absolute Gasteiger partial charge is 0.0467 e. The molecule has 0 fully saturated rings. The highest BCUT2D eigenvalue weighted by Gasteiger charge is 2.41. The molecule has 1 aromatic rings. The molecular weight excluding hydrogens is 348 g/mol. The van der Waals surface area contributed by atoms with Crippen molar-refractivity contribution in [2.24, 2.45) is 35.1 Å². The van der Waals surface area contributed by atoms with Crippen LogP contribution in [0.2, 0.25) is 0 Å². The minimum absolute atomic E-state index is 0.333. The molecule has 4 N–H and O–H groups in total. The summed E-state index contributed by atoms with van der Waals surface area (Å²) in [6, 6.07) is 6.40. The van der Waals surface area contributed by atoms with E-state index < -0.39 is 0 Å². The van der Waals surface area contributed by atoms with Crippen LogP contribution in [0.1, 0.15) is 66.5 Å². The SMILES string of the molecule is CC(C)C(N)(c1cccc(C(N)(C(C)C)C(C)C)c1Br)C(C)C. The average molecular weight is 383 g/mol. The van der Waals surface area contributed by atoms with Crippen molar-refractivity contribution in [3.8, 4) is 0 Å². The van der Waals surface area contributed by atoms with Gasteiger partial charge in [0, 0.05) is 15.6 Å². The second kappa shape index (κ2) is 7.25. The zero-order valence-corrected chi connectivity index (χ0v) is 17.7. The molecule has 0 radical (unpaired) electrons. The molecule has 1 aromatic carbocycles. The van der Waals surface area contributed by atoms with Crippen molar-refractivity contribution in [1.29, 1.82) is 0 Å². The minimum atomic E-state index is -0.385. The van der Waals surface area contributed by atoms with Crippen LogP contribution in [0.5, 0.6) is 0 Å². The van der Waals surface area contributed by atoms with Gasteiger partial charge in [0.1, 0.15) is 0 Å². The predicted octanol–water partition coefficient (Wildman–Crippen LogP) is 5.38. The molecule has 0 unspecified atom stereocenters. The van der Waals surface area contributed by atoms with Crippen LogP contribution in [0.3, 0.4) is 0 Å². The molecule has 0 aliphatic rings. The zero-order chi connectivity index (χ0) is 18.2. The van der Waals surface area contributed by atoms with E-state index in [9.17, 15) is 0 Å². The third kappa shape index (κ3) is 3.38. The molecule has 0 saturated carbocycles. The summed E-state index contributed by atoms with van der Waals surface area (Å²) in [6.45, 7) is 17.6. The number of rotatable bonds is 6. The fourth-order valence-electron chi connectivity index (χ4n) is 3.78. The summed E-state index contributed by atoms with van der Waals surface area (Å²) >= 11 is 3.87. The molecule has 0 aliphatic carbocycles. The second-order valence-electron chi connectivity index (χ2n) is 8.15. The molecule has 23 heavy (non-hydrogen) atoms. The van der Waals surface area contributed by atoms with Gasteiger partial charge in [-0.05, 0) is 34.8 Å². The van der Waals surface area contributed by atoms with E-state index in [-0.39, 0.29) is 11.1 Å². The summed E-state index contributed by atoms with van der Waals surface area (Å²) in [7, 11) is 0. The Labute approximate surface area is 151 Å². The lowest BCUT2D eigenvalue weighted by Gasteiger charge is -2.43. The summed E-state index contributed by atoms with van der Waals surface area (Å²) in [6.07, 6.45) is 0. The number of benzene rings is 1. The molecule has 2 nitrogen and oxygen atoms in total. The van der Waals surface area contributed by atoms with Crippen LogP contribution in [0, 0.1) is 23.7 Å². The molecule has 0 aliphatic heterocycles. The third-order valence-corrected chi connectivity index (χ3v) is 6.61. The van der Waals surface area contributed by atoms with Gasteiger partial charge < -0.3 is 11.5 Å². The molecule has 1 rings (SSSR count). The van der Waals surface area contributed by atoms with Gasteiger partial charge in [0.25, 0.3) is 0 Å². The number of halogens is 1. The van der Waals surface area contributed by atoms with Crippen molar-refractivity contribution < 1.29 is 0 Å². The standard InChI is InChI=1S/C20H35BrN2/c1-12(2)19(22,13(3)4)16-10-9-11-17(18(16)21)20(23,14(5)6)15(7)8/h9-15H,22-23H2,1-8H3. The number of hydrogen-bond donors (Lipinski definition) is 2. The largest absolute Gasteiger partial charge is 0.321 e. The fraction of sp³-hybridized carbons (Fsp3) is 0.700. The Morgan fingerprint density at radius 2 is 0.957 bits per heavy atom. The Morgan fingerprint density at radius 3 is 1.17 bits per heavy atom. The molecule has 0 amide bonds. The van der Waals surface area contributed by atoms with Crippen LogP contribution in [0.4, 0.5) is 0 Å². The van der Waals surface area contributed by atoms with Crippen LogP contribution in [0.15, 0.2) is 22.7 Å². The first-order valence-electron chi connectivity index (χ1n) is 8.78. The minimum Gasteiger partial charge on any atom is -0.321 e. The Balaban J connectivity index is 3.66. The van der Waals surface area contributed by atoms with Crippen molar-refractivity contribution in [2.75, 3.05) is 0 Å². The predicted molar refractivity (Wildman–Crippen MR) is 105 cm³/mol. The van der Waals surface area contributed by atoms with E-state index in [1.165, 1.54) is 0 Å².